The molecule has 0 amide bonds. The number of carbonyl (C=O) groups is 4. The van der Waals surface area contributed by atoms with Gasteiger partial charge in [0.05, 0.1) is 34.6 Å². The van der Waals surface area contributed by atoms with Crippen molar-refractivity contribution in [3.63, 3.8) is 0 Å². The van der Waals surface area contributed by atoms with Crippen LogP contribution in [-0.2, 0) is 9.47 Å². The fourth-order valence-electron chi connectivity index (χ4n) is 3.04. The van der Waals surface area contributed by atoms with Gasteiger partial charge in [0.1, 0.15) is 23.0 Å². The SMILES string of the molecule is O=C1OC(=O)c2cc(Oc3cncc(Oc4ccc5c(c4)C(=O)OC5=O)c3)ccc21. The number of pyridine rings is 1. The second kappa shape index (κ2) is 6.52. The number of esters is 4. The van der Waals surface area contributed by atoms with Crippen LogP contribution in [0, 0.1) is 0 Å². The van der Waals surface area contributed by atoms with Gasteiger partial charge in [-0.2, -0.15) is 0 Å². The van der Waals surface area contributed by atoms with E-state index in [1.165, 1.54) is 48.8 Å². The second-order valence-corrected chi connectivity index (χ2v) is 6.33. The van der Waals surface area contributed by atoms with Crippen molar-refractivity contribution < 1.29 is 38.1 Å². The van der Waals surface area contributed by atoms with Crippen molar-refractivity contribution in [1.82, 2.24) is 4.98 Å². The summed E-state index contributed by atoms with van der Waals surface area (Å²) in [6.45, 7) is 0. The number of nitrogens with zero attached hydrogens (tertiary/aromatic N) is 1. The standard InChI is InChI=1S/C21H9NO8/c23-18-14-3-1-10(6-16(14)20(25)29-18)27-12-5-13(9-22-8-12)28-11-2-4-15-17(7-11)21(26)30-19(15)24/h1-9H. The van der Waals surface area contributed by atoms with Crippen LogP contribution < -0.4 is 9.47 Å². The number of ether oxygens (including phenoxy) is 4. The highest BCUT2D eigenvalue weighted by molar-refractivity contribution is 6.15. The highest BCUT2D eigenvalue weighted by Gasteiger charge is 2.31. The molecule has 0 atom stereocenters. The third-order valence-corrected chi connectivity index (χ3v) is 4.39. The van der Waals surface area contributed by atoms with E-state index in [9.17, 15) is 19.2 Å². The maximum absolute atomic E-state index is 11.7. The molecule has 2 aliphatic heterocycles. The first kappa shape index (κ1) is 17.6. The maximum Gasteiger partial charge on any atom is 0.347 e. The Kier molecular flexibility index (Phi) is 3.82. The number of hydrogen-bond donors (Lipinski definition) is 0. The van der Waals surface area contributed by atoms with Crippen molar-refractivity contribution in [3.05, 3.63) is 77.1 Å². The van der Waals surface area contributed by atoms with E-state index in [-0.39, 0.29) is 22.3 Å². The van der Waals surface area contributed by atoms with Gasteiger partial charge in [-0.1, -0.05) is 0 Å². The lowest BCUT2D eigenvalue weighted by Crippen LogP contribution is -1.97. The zero-order valence-electron chi connectivity index (χ0n) is 14.9. The first-order valence-corrected chi connectivity index (χ1v) is 8.60. The van der Waals surface area contributed by atoms with E-state index in [2.05, 4.69) is 14.5 Å². The molecule has 146 valence electrons. The van der Waals surface area contributed by atoms with Crippen molar-refractivity contribution in [2.24, 2.45) is 0 Å². The summed E-state index contributed by atoms with van der Waals surface area (Å²) in [5.74, 6) is -1.64. The lowest BCUT2D eigenvalue weighted by Gasteiger charge is -2.09. The summed E-state index contributed by atoms with van der Waals surface area (Å²) >= 11 is 0. The molecule has 0 spiro atoms. The zero-order valence-corrected chi connectivity index (χ0v) is 14.9. The molecule has 0 bridgehead atoms. The van der Waals surface area contributed by atoms with Crippen LogP contribution in [0.1, 0.15) is 41.4 Å². The van der Waals surface area contributed by atoms with Crippen molar-refractivity contribution in [3.8, 4) is 23.0 Å². The smallest absolute Gasteiger partial charge is 0.347 e. The zero-order chi connectivity index (χ0) is 20.8. The first-order chi connectivity index (χ1) is 14.5. The molecular formula is C21H9NO8. The third-order valence-electron chi connectivity index (χ3n) is 4.39. The highest BCUT2D eigenvalue weighted by atomic mass is 16.6. The van der Waals surface area contributed by atoms with Crippen LogP contribution in [0.3, 0.4) is 0 Å². The summed E-state index contributed by atoms with van der Waals surface area (Å²) in [5.41, 5.74) is 0.599. The summed E-state index contributed by atoms with van der Waals surface area (Å²) in [4.78, 5) is 50.4. The summed E-state index contributed by atoms with van der Waals surface area (Å²) < 4.78 is 20.5. The molecule has 9 heteroatoms. The van der Waals surface area contributed by atoms with Crippen LogP contribution in [0.5, 0.6) is 23.0 Å². The number of fused-ring (bicyclic) bond motifs is 2. The van der Waals surface area contributed by atoms with E-state index >= 15 is 0 Å². The van der Waals surface area contributed by atoms with Crippen molar-refractivity contribution in [2.75, 3.05) is 0 Å². The number of aromatic nitrogens is 1. The van der Waals surface area contributed by atoms with E-state index in [1.54, 1.807) is 6.07 Å². The number of rotatable bonds is 4. The maximum atomic E-state index is 11.7. The van der Waals surface area contributed by atoms with Gasteiger partial charge in [-0.3, -0.25) is 4.98 Å². The molecule has 0 unspecified atom stereocenters. The fourth-order valence-corrected chi connectivity index (χ4v) is 3.04. The lowest BCUT2D eigenvalue weighted by molar-refractivity contribution is 0.0425. The van der Waals surface area contributed by atoms with E-state index in [1.807, 2.05) is 0 Å². The Morgan fingerprint density at radius 2 is 0.967 bits per heavy atom. The van der Waals surface area contributed by atoms with Crippen LogP contribution in [0.2, 0.25) is 0 Å². The monoisotopic (exact) mass is 403 g/mol. The topological polar surface area (TPSA) is 118 Å². The number of benzene rings is 2. The average molecular weight is 403 g/mol. The Labute approximate surface area is 167 Å². The molecule has 0 radical (unpaired) electrons. The molecule has 0 saturated heterocycles. The molecule has 3 heterocycles. The molecule has 2 aliphatic rings. The van der Waals surface area contributed by atoms with Crippen molar-refractivity contribution >= 4 is 23.9 Å². The Bertz CT molecular complexity index is 1180. The predicted octanol–water partition coefficient (Wildman–Crippen LogP) is 3.29. The van der Waals surface area contributed by atoms with Gasteiger partial charge in [0.15, 0.2) is 0 Å². The largest absolute Gasteiger partial charge is 0.456 e. The molecule has 0 aliphatic carbocycles. The van der Waals surface area contributed by atoms with Crippen LogP contribution in [-0.4, -0.2) is 28.9 Å². The molecular weight excluding hydrogens is 394 g/mol. The van der Waals surface area contributed by atoms with E-state index in [0.29, 0.717) is 23.0 Å². The van der Waals surface area contributed by atoms with Crippen molar-refractivity contribution in [1.29, 1.82) is 0 Å². The van der Waals surface area contributed by atoms with Crippen LogP contribution in [0.15, 0.2) is 54.9 Å². The number of cyclic esters (lactones) is 4. The van der Waals surface area contributed by atoms with Gasteiger partial charge in [0, 0.05) is 6.07 Å². The van der Waals surface area contributed by atoms with Gasteiger partial charge < -0.3 is 18.9 Å². The second-order valence-electron chi connectivity index (χ2n) is 6.33. The van der Waals surface area contributed by atoms with Gasteiger partial charge in [-0.05, 0) is 36.4 Å². The molecule has 0 N–H and O–H groups in total. The Morgan fingerprint density at radius 1 is 0.533 bits per heavy atom. The minimum absolute atomic E-state index is 0.123. The molecule has 5 rings (SSSR count). The van der Waals surface area contributed by atoms with Crippen LogP contribution in [0.25, 0.3) is 0 Å². The van der Waals surface area contributed by atoms with E-state index < -0.39 is 23.9 Å². The normalized spacial score (nSPS) is 14.1. The minimum atomic E-state index is -0.732. The van der Waals surface area contributed by atoms with E-state index in [4.69, 9.17) is 9.47 Å². The lowest BCUT2D eigenvalue weighted by atomic mass is 10.1. The van der Waals surface area contributed by atoms with Crippen LogP contribution in [0.4, 0.5) is 0 Å². The fraction of sp³-hybridized carbons (Fsp3) is 0. The van der Waals surface area contributed by atoms with Crippen molar-refractivity contribution in [2.45, 2.75) is 0 Å². The third kappa shape index (κ3) is 2.94. The molecule has 9 nitrogen and oxygen atoms in total. The van der Waals surface area contributed by atoms with Crippen LogP contribution >= 0.6 is 0 Å². The quantitative estimate of drug-likeness (QED) is 0.477. The summed E-state index contributed by atoms with van der Waals surface area (Å²) in [6, 6.07) is 10.3. The van der Waals surface area contributed by atoms with Gasteiger partial charge >= 0.3 is 23.9 Å². The predicted molar refractivity (Wildman–Crippen MR) is 96.8 cm³/mol. The minimum Gasteiger partial charge on any atom is -0.456 e. The summed E-state index contributed by atoms with van der Waals surface area (Å²) in [6.07, 6.45) is 2.87. The van der Waals surface area contributed by atoms with Gasteiger partial charge in [0.25, 0.3) is 0 Å². The molecule has 0 saturated carbocycles. The summed E-state index contributed by atoms with van der Waals surface area (Å²) in [7, 11) is 0. The van der Waals surface area contributed by atoms with Gasteiger partial charge in [-0.25, -0.2) is 19.2 Å². The van der Waals surface area contributed by atoms with Gasteiger partial charge in [-0.15, -0.1) is 0 Å². The molecule has 2 aromatic carbocycles. The Morgan fingerprint density at radius 3 is 1.43 bits per heavy atom. The number of hydrogen-bond acceptors (Lipinski definition) is 9. The molecule has 1 aromatic heterocycles. The molecule has 0 fully saturated rings. The van der Waals surface area contributed by atoms with E-state index in [0.717, 1.165) is 0 Å². The highest BCUT2D eigenvalue weighted by Crippen LogP contribution is 2.32. The molecule has 3 aromatic rings. The Balaban J connectivity index is 1.37. The average Bonchev–Trinajstić information content (AvgIpc) is 3.17. The molecule has 30 heavy (non-hydrogen) atoms. The number of carbonyl (C=O) groups excluding carboxylic acids is 4. The Hall–Kier alpha value is -4.53. The summed E-state index contributed by atoms with van der Waals surface area (Å²) in [5, 5.41) is 0. The first-order valence-electron chi connectivity index (χ1n) is 8.60. The van der Waals surface area contributed by atoms with Gasteiger partial charge in [0.2, 0.25) is 0 Å².